The summed E-state index contributed by atoms with van der Waals surface area (Å²) in [5.74, 6) is 0.776. The van der Waals surface area contributed by atoms with Crippen LogP contribution in [-0.2, 0) is 4.79 Å². The van der Waals surface area contributed by atoms with Crippen molar-refractivity contribution in [3.63, 3.8) is 0 Å². The molecule has 2 amide bonds. The lowest BCUT2D eigenvalue weighted by Gasteiger charge is -2.09. The molecule has 0 bridgehead atoms. The lowest BCUT2D eigenvalue weighted by Crippen LogP contribution is -2.32. The summed E-state index contributed by atoms with van der Waals surface area (Å²) in [6.45, 7) is 0.112. The minimum atomic E-state index is -0.660. The van der Waals surface area contributed by atoms with Crippen LogP contribution in [0, 0.1) is 0 Å². The van der Waals surface area contributed by atoms with Gasteiger partial charge in [0, 0.05) is 11.1 Å². The Bertz CT molecular complexity index is 1620. The van der Waals surface area contributed by atoms with Gasteiger partial charge in [-0.3, -0.25) is 9.59 Å². The zero-order valence-corrected chi connectivity index (χ0v) is 22.2. The van der Waals surface area contributed by atoms with Crippen molar-refractivity contribution >= 4 is 58.9 Å². The number of furan rings is 1. The third-order valence-corrected chi connectivity index (χ3v) is 6.53. The smallest absolute Gasteiger partial charge is 0.287 e. The summed E-state index contributed by atoms with van der Waals surface area (Å²) in [4.78, 5) is 25.8. The number of hydrogen-bond donors (Lipinski definition) is 2. The van der Waals surface area contributed by atoms with E-state index in [0.29, 0.717) is 54.8 Å². The van der Waals surface area contributed by atoms with Crippen LogP contribution in [0.4, 0.5) is 0 Å². The second kappa shape index (κ2) is 11.7. The van der Waals surface area contributed by atoms with E-state index in [0.717, 1.165) is 0 Å². The van der Waals surface area contributed by atoms with Crippen LogP contribution in [0.5, 0.6) is 11.5 Å². The monoisotopic (exact) mass is 581 g/mol. The molecule has 0 unspecified atom stereocenters. The topological polar surface area (TPSA) is 102 Å². The number of hydrogen-bond acceptors (Lipinski definition) is 6. The van der Waals surface area contributed by atoms with Crippen LogP contribution in [0.2, 0.25) is 15.1 Å². The molecule has 2 N–H and O–H groups in total. The first-order valence-electron chi connectivity index (χ1n) is 11.4. The Kier molecular flexibility index (Phi) is 7.88. The minimum Gasteiger partial charge on any atom is -0.455 e. The van der Waals surface area contributed by atoms with E-state index < -0.39 is 11.8 Å². The number of carbonyl (C=O) groups is 2. The average molecular weight is 583 g/mol. The summed E-state index contributed by atoms with van der Waals surface area (Å²) >= 11 is 18.4. The van der Waals surface area contributed by atoms with Crippen LogP contribution in [0.1, 0.15) is 21.7 Å². The van der Waals surface area contributed by atoms with E-state index in [1.807, 2.05) is 0 Å². The van der Waals surface area contributed by atoms with Crippen molar-refractivity contribution in [2.24, 2.45) is 5.10 Å². The van der Waals surface area contributed by atoms with E-state index >= 15 is 0 Å². The van der Waals surface area contributed by atoms with Crippen molar-refractivity contribution in [1.29, 1.82) is 0 Å². The SMILES string of the molecule is O=C(NN=Cc1ccc(-c2cc(Cl)c(Cl)cc2Cl)o1)C(=Cc1ccc2c(c1)OCO2)NC(=O)c1ccccc1. The summed E-state index contributed by atoms with van der Waals surface area (Å²) in [7, 11) is 0. The quantitative estimate of drug-likeness (QED) is 0.111. The van der Waals surface area contributed by atoms with Gasteiger partial charge in [-0.25, -0.2) is 5.43 Å². The first-order chi connectivity index (χ1) is 18.9. The fraction of sp³-hybridized carbons (Fsp3) is 0.0357. The maximum absolute atomic E-state index is 13.0. The van der Waals surface area contributed by atoms with Crippen molar-refractivity contribution in [2.45, 2.75) is 0 Å². The normalized spacial score (nSPS) is 12.5. The Balaban J connectivity index is 1.34. The number of halogens is 3. The van der Waals surface area contributed by atoms with Crippen LogP contribution >= 0.6 is 34.8 Å². The number of ether oxygens (including phenoxy) is 2. The number of benzene rings is 3. The molecule has 0 aliphatic carbocycles. The number of hydrazone groups is 1. The second-order valence-electron chi connectivity index (χ2n) is 8.14. The molecule has 0 atom stereocenters. The highest BCUT2D eigenvalue weighted by atomic mass is 35.5. The number of rotatable bonds is 7. The lowest BCUT2D eigenvalue weighted by molar-refractivity contribution is -0.117. The molecule has 1 aliphatic rings. The van der Waals surface area contributed by atoms with Gasteiger partial charge in [0.2, 0.25) is 6.79 Å². The highest BCUT2D eigenvalue weighted by Gasteiger charge is 2.17. The van der Waals surface area contributed by atoms with Gasteiger partial charge < -0.3 is 19.2 Å². The third-order valence-electron chi connectivity index (χ3n) is 5.50. The van der Waals surface area contributed by atoms with Gasteiger partial charge in [0.1, 0.15) is 17.2 Å². The molecule has 2 heterocycles. The Morgan fingerprint density at radius 1 is 0.846 bits per heavy atom. The molecule has 196 valence electrons. The molecule has 0 fully saturated rings. The van der Waals surface area contributed by atoms with Crippen molar-refractivity contribution in [3.8, 4) is 22.8 Å². The summed E-state index contributed by atoms with van der Waals surface area (Å²) in [6, 6.07) is 20.1. The van der Waals surface area contributed by atoms with Crippen LogP contribution < -0.4 is 20.2 Å². The summed E-state index contributed by atoms with van der Waals surface area (Å²) < 4.78 is 16.5. The van der Waals surface area contributed by atoms with Gasteiger partial charge in [-0.1, -0.05) is 59.1 Å². The van der Waals surface area contributed by atoms with Crippen molar-refractivity contribution in [1.82, 2.24) is 10.7 Å². The van der Waals surface area contributed by atoms with Crippen molar-refractivity contribution in [3.05, 3.63) is 110 Å². The highest BCUT2D eigenvalue weighted by molar-refractivity contribution is 6.44. The van der Waals surface area contributed by atoms with Crippen molar-refractivity contribution in [2.75, 3.05) is 6.79 Å². The maximum atomic E-state index is 13.0. The van der Waals surface area contributed by atoms with Gasteiger partial charge in [-0.05, 0) is 60.2 Å². The van der Waals surface area contributed by atoms with Gasteiger partial charge in [-0.15, -0.1) is 0 Å². The zero-order valence-electron chi connectivity index (χ0n) is 19.9. The van der Waals surface area contributed by atoms with Crippen molar-refractivity contribution < 1.29 is 23.5 Å². The van der Waals surface area contributed by atoms with Crippen LogP contribution in [0.25, 0.3) is 17.4 Å². The molecule has 4 aromatic rings. The fourth-order valence-corrected chi connectivity index (χ4v) is 4.25. The molecular weight excluding hydrogens is 565 g/mol. The van der Waals surface area contributed by atoms with E-state index in [2.05, 4.69) is 15.8 Å². The Morgan fingerprint density at radius 3 is 2.44 bits per heavy atom. The van der Waals surface area contributed by atoms with Gasteiger partial charge in [0.25, 0.3) is 11.8 Å². The molecule has 3 aromatic carbocycles. The van der Waals surface area contributed by atoms with Crippen LogP contribution in [0.15, 0.2) is 88.0 Å². The summed E-state index contributed by atoms with van der Waals surface area (Å²) in [6.07, 6.45) is 2.81. The third kappa shape index (κ3) is 6.26. The average Bonchev–Trinajstić information content (AvgIpc) is 3.60. The van der Waals surface area contributed by atoms with E-state index in [1.54, 1.807) is 66.7 Å². The largest absolute Gasteiger partial charge is 0.455 e. The molecule has 1 aliphatic heterocycles. The zero-order chi connectivity index (χ0) is 27.4. The Labute approximate surface area is 237 Å². The molecule has 5 rings (SSSR count). The fourth-order valence-electron chi connectivity index (χ4n) is 3.61. The first-order valence-corrected chi connectivity index (χ1v) is 12.6. The van der Waals surface area contributed by atoms with Gasteiger partial charge >= 0.3 is 0 Å². The molecule has 1 aromatic heterocycles. The molecule has 11 heteroatoms. The molecule has 0 spiro atoms. The molecule has 39 heavy (non-hydrogen) atoms. The van der Waals surface area contributed by atoms with Crippen LogP contribution in [-0.4, -0.2) is 24.8 Å². The van der Waals surface area contributed by atoms with Gasteiger partial charge in [0.15, 0.2) is 11.5 Å². The second-order valence-corrected chi connectivity index (χ2v) is 9.36. The summed E-state index contributed by atoms with van der Waals surface area (Å²) in [5, 5.41) is 7.63. The van der Waals surface area contributed by atoms with Gasteiger partial charge in [-0.2, -0.15) is 5.10 Å². The number of carbonyl (C=O) groups excluding carboxylic acids is 2. The lowest BCUT2D eigenvalue weighted by atomic mass is 10.1. The van der Waals surface area contributed by atoms with E-state index in [-0.39, 0.29) is 12.5 Å². The van der Waals surface area contributed by atoms with E-state index in [9.17, 15) is 9.59 Å². The molecule has 0 radical (unpaired) electrons. The maximum Gasteiger partial charge on any atom is 0.287 e. The van der Waals surface area contributed by atoms with E-state index in [4.69, 9.17) is 48.7 Å². The minimum absolute atomic E-state index is 0.0393. The Morgan fingerprint density at radius 2 is 1.62 bits per heavy atom. The molecular formula is C28H18Cl3N3O5. The van der Waals surface area contributed by atoms with Crippen LogP contribution in [0.3, 0.4) is 0 Å². The highest BCUT2D eigenvalue weighted by Crippen LogP contribution is 2.36. The number of fused-ring (bicyclic) bond motifs is 1. The number of amides is 2. The molecule has 0 saturated heterocycles. The molecule has 0 saturated carbocycles. The molecule has 8 nitrogen and oxygen atoms in total. The van der Waals surface area contributed by atoms with Gasteiger partial charge in [0.05, 0.1) is 21.3 Å². The van der Waals surface area contributed by atoms with E-state index in [1.165, 1.54) is 18.4 Å². The number of nitrogens with zero attached hydrogens (tertiary/aromatic N) is 1. The standard InChI is InChI=1S/C28H18Cl3N3O5/c29-20-13-22(31)21(30)12-19(20)24-9-7-18(39-24)14-32-34-28(36)23(33-27(35)17-4-2-1-3-5-17)10-16-6-8-25-26(11-16)38-15-37-25/h1-14H,15H2,(H,33,35)(H,34,36). The summed E-state index contributed by atoms with van der Waals surface area (Å²) in [5.41, 5.74) is 3.90. The Hall–Kier alpha value is -4.24. The first kappa shape index (κ1) is 26.4. The predicted molar refractivity (Wildman–Crippen MR) is 149 cm³/mol. The number of nitrogens with one attached hydrogen (secondary N) is 2. The predicted octanol–water partition coefficient (Wildman–Crippen LogP) is 6.56.